The van der Waals surface area contributed by atoms with E-state index in [4.69, 9.17) is 32.7 Å². The monoisotopic (exact) mass is 260 g/mol. The first kappa shape index (κ1) is 12.2. The van der Waals surface area contributed by atoms with Crippen molar-refractivity contribution in [3.8, 4) is 0 Å². The lowest BCUT2D eigenvalue weighted by Gasteiger charge is -2.26. The van der Waals surface area contributed by atoms with Crippen molar-refractivity contribution in [1.82, 2.24) is 0 Å². The minimum atomic E-state index is -0.825. The molecule has 2 atom stereocenters. The van der Waals surface area contributed by atoms with E-state index < -0.39 is 5.79 Å². The summed E-state index contributed by atoms with van der Waals surface area (Å²) >= 11 is 11.7. The van der Waals surface area contributed by atoms with Gasteiger partial charge in [-0.1, -0.05) is 29.8 Å². The van der Waals surface area contributed by atoms with Crippen LogP contribution in [0.5, 0.6) is 0 Å². The molecule has 0 unspecified atom stereocenters. The highest BCUT2D eigenvalue weighted by Crippen LogP contribution is 2.35. The molecule has 0 aliphatic carbocycles. The van der Waals surface area contributed by atoms with Crippen molar-refractivity contribution < 1.29 is 9.47 Å². The van der Waals surface area contributed by atoms with Crippen molar-refractivity contribution in [3.63, 3.8) is 0 Å². The van der Waals surface area contributed by atoms with E-state index in [9.17, 15) is 0 Å². The Hall–Kier alpha value is -0.280. The molecule has 0 spiro atoms. The number of benzene rings is 1. The number of ether oxygens (including phenoxy) is 2. The third-order valence-corrected chi connectivity index (χ3v) is 3.39. The molecule has 0 saturated carbocycles. The van der Waals surface area contributed by atoms with Crippen LogP contribution in [0.1, 0.15) is 11.1 Å². The van der Waals surface area contributed by atoms with Gasteiger partial charge >= 0.3 is 0 Å². The Balaban J connectivity index is 2.25. The van der Waals surface area contributed by atoms with E-state index in [1.165, 1.54) is 5.56 Å². The van der Waals surface area contributed by atoms with Crippen molar-refractivity contribution in [1.29, 1.82) is 0 Å². The molecule has 1 aromatic rings. The Morgan fingerprint density at radius 1 is 1.31 bits per heavy atom. The highest BCUT2D eigenvalue weighted by Gasteiger charge is 2.42. The van der Waals surface area contributed by atoms with Crippen molar-refractivity contribution in [2.75, 3.05) is 18.4 Å². The molecule has 16 heavy (non-hydrogen) atoms. The number of alkyl halides is 2. The molecule has 1 aliphatic rings. The van der Waals surface area contributed by atoms with Crippen LogP contribution < -0.4 is 0 Å². The van der Waals surface area contributed by atoms with Crippen LogP contribution in [0.4, 0.5) is 0 Å². The summed E-state index contributed by atoms with van der Waals surface area (Å²) in [6.07, 6.45) is -0.0817. The zero-order valence-electron chi connectivity index (χ0n) is 9.08. The molecular formula is C12H14Cl2O2. The minimum Gasteiger partial charge on any atom is -0.342 e. The van der Waals surface area contributed by atoms with Gasteiger partial charge < -0.3 is 9.47 Å². The summed E-state index contributed by atoms with van der Waals surface area (Å²) in [5.74, 6) is -0.136. The maximum absolute atomic E-state index is 5.97. The average molecular weight is 261 g/mol. The van der Waals surface area contributed by atoms with E-state index in [1.807, 2.05) is 31.2 Å². The highest BCUT2D eigenvalue weighted by molar-refractivity contribution is 6.18. The predicted molar refractivity (Wildman–Crippen MR) is 65.1 cm³/mol. The van der Waals surface area contributed by atoms with Crippen LogP contribution in [0.2, 0.25) is 0 Å². The molecular weight excluding hydrogens is 247 g/mol. The van der Waals surface area contributed by atoms with Gasteiger partial charge in [0.05, 0.1) is 24.5 Å². The van der Waals surface area contributed by atoms with Gasteiger partial charge in [-0.05, 0) is 6.92 Å². The van der Waals surface area contributed by atoms with Crippen LogP contribution in [0.15, 0.2) is 24.3 Å². The van der Waals surface area contributed by atoms with Gasteiger partial charge in [0.15, 0.2) is 0 Å². The third kappa shape index (κ3) is 2.21. The van der Waals surface area contributed by atoms with Gasteiger partial charge in [-0.3, -0.25) is 0 Å². The zero-order valence-corrected chi connectivity index (χ0v) is 10.6. The topological polar surface area (TPSA) is 18.5 Å². The second-order valence-electron chi connectivity index (χ2n) is 3.96. The maximum atomic E-state index is 5.97. The molecule has 1 fully saturated rings. The van der Waals surface area contributed by atoms with Gasteiger partial charge in [0.1, 0.15) is 0 Å². The van der Waals surface area contributed by atoms with Crippen molar-refractivity contribution >= 4 is 23.2 Å². The van der Waals surface area contributed by atoms with Crippen molar-refractivity contribution in [2.24, 2.45) is 0 Å². The molecule has 0 aromatic heterocycles. The van der Waals surface area contributed by atoms with Gasteiger partial charge in [0, 0.05) is 5.56 Å². The number of aryl methyl sites for hydroxylation is 1. The number of rotatable bonds is 3. The van der Waals surface area contributed by atoms with Crippen molar-refractivity contribution in [2.45, 2.75) is 18.8 Å². The molecule has 4 heteroatoms. The zero-order chi connectivity index (χ0) is 11.6. The summed E-state index contributed by atoms with van der Waals surface area (Å²) in [6, 6.07) is 8.00. The molecule has 1 aliphatic heterocycles. The Kier molecular flexibility index (Phi) is 3.75. The molecule has 2 nitrogen and oxygen atoms in total. The normalized spacial score (nSPS) is 29.6. The Bertz CT molecular complexity index is 353. The molecule has 0 N–H and O–H groups in total. The number of halogens is 2. The van der Waals surface area contributed by atoms with E-state index in [-0.39, 0.29) is 12.0 Å². The second-order valence-corrected chi connectivity index (χ2v) is 4.53. The SMILES string of the molecule is Cc1ccc([C@]2(CCl)OC[C@@H](CCl)O2)cc1. The Labute approximate surface area is 105 Å². The van der Waals surface area contributed by atoms with Crippen molar-refractivity contribution in [3.05, 3.63) is 35.4 Å². The van der Waals surface area contributed by atoms with E-state index in [2.05, 4.69) is 0 Å². The fourth-order valence-electron chi connectivity index (χ4n) is 1.75. The van der Waals surface area contributed by atoms with E-state index in [0.29, 0.717) is 12.5 Å². The molecule has 0 bridgehead atoms. The fourth-order valence-corrected chi connectivity index (χ4v) is 2.19. The lowest BCUT2D eigenvalue weighted by atomic mass is 10.1. The molecule has 88 valence electrons. The summed E-state index contributed by atoms with van der Waals surface area (Å²) in [5, 5.41) is 0. The van der Waals surface area contributed by atoms with E-state index in [0.717, 1.165) is 5.56 Å². The fraction of sp³-hybridized carbons (Fsp3) is 0.500. The van der Waals surface area contributed by atoms with E-state index >= 15 is 0 Å². The second kappa shape index (κ2) is 4.92. The smallest absolute Gasteiger partial charge is 0.209 e. The van der Waals surface area contributed by atoms with Gasteiger partial charge in [0.2, 0.25) is 5.79 Å². The molecule has 1 aromatic carbocycles. The lowest BCUT2D eigenvalue weighted by Crippen LogP contribution is -2.30. The molecule has 0 radical (unpaired) electrons. The molecule has 1 heterocycles. The van der Waals surface area contributed by atoms with Crippen LogP contribution in [-0.2, 0) is 15.3 Å². The van der Waals surface area contributed by atoms with Crippen LogP contribution in [0, 0.1) is 6.92 Å². The summed E-state index contributed by atoms with van der Waals surface area (Å²) in [5.41, 5.74) is 2.14. The van der Waals surface area contributed by atoms with E-state index in [1.54, 1.807) is 0 Å². The molecule has 2 rings (SSSR count). The van der Waals surface area contributed by atoms with Gasteiger partial charge in [-0.25, -0.2) is 0 Å². The maximum Gasteiger partial charge on any atom is 0.209 e. The minimum absolute atomic E-state index is 0.0817. The Morgan fingerprint density at radius 2 is 2.00 bits per heavy atom. The third-order valence-electron chi connectivity index (χ3n) is 2.70. The van der Waals surface area contributed by atoms with Crippen LogP contribution in [0.3, 0.4) is 0 Å². The lowest BCUT2D eigenvalue weighted by molar-refractivity contribution is -0.156. The first-order chi connectivity index (χ1) is 7.70. The number of hydrogen-bond acceptors (Lipinski definition) is 2. The van der Waals surface area contributed by atoms with Crippen LogP contribution in [0.25, 0.3) is 0 Å². The average Bonchev–Trinajstić information content (AvgIpc) is 2.75. The summed E-state index contributed by atoms with van der Waals surface area (Å²) in [7, 11) is 0. The number of hydrogen-bond donors (Lipinski definition) is 0. The summed E-state index contributed by atoms with van der Waals surface area (Å²) < 4.78 is 11.5. The largest absolute Gasteiger partial charge is 0.342 e. The summed E-state index contributed by atoms with van der Waals surface area (Å²) in [4.78, 5) is 0. The first-order valence-electron chi connectivity index (χ1n) is 5.21. The van der Waals surface area contributed by atoms with Gasteiger partial charge in [0.25, 0.3) is 0 Å². The molecule has 1 saturated heterocycles. The predicted octanol–water partition coefficient (Wildman–Crippen LogP) is 3.04. The van der Waals surface area contributed by atoms with Gasteiger partial charge in [-0.2, -0.15) is 0 Å². The standard InChI is InChI=1S/C12H14Cl2O2/c1-9-2-4-10(5-3-9)12(8-14)15-7-11(6-13)16-12/h2-5,11H,6-8H2,1H3/t11-,12-/m1/s1. The first-order valence-corrected chi connectivity index (χ1v) is 6.28. The molecule has 0 amide bonds. The van der Waals surface area contributed by atoms with Crippen LogP contribution in [-0.4, -0.2) is 24.5 Å². The van der Waals surface area contributed by atoms with Gasteiger partial charge in [-0.15, -0.1) is 23.2 Å². The highest BCUT2D eigenvalue weighted by atomic mass is 35.5. The Morgan fingerprint density at radius 3 is 2.50 bits per heavy atom. The summed E-state index contributed by atoms with van der Waals surface area (Å²) in [6.45, 7) is 2.53. The van der Waals surface area contributed by atoms with Crippen LogP contribution >= 0.6 is 23.2 Å². The quantitative estimate of drug-likeness (QED) is 0.778.